The third-order valence-corrected chi connectivity index (χ3v) is 1.50. The van der Waals surface area contributed by atoms with Gasteiger partial charge in [0, 0.05) is 6.08 Å². The zero-order valence-corrected chi connectivity index (χ0v) is 7.76. The monoisotopic (exact) mass is 220 g/mol. The highest BCUT2D eigenvalue weighted by atomic mass is 79.9. The second-order valence-electron chi connectivity index (χ2n) is 1.81. The maximum atomic E-state index is 10.7. The van der Waals surface area contributed by atoms with Crippen molar-refractivity contribution in [3.05, 3.63) is 6.08 Å². The highest BCUT2D eigenvalue weighted by Gasteiger charge is 2.07. The summed E-state index contributed by atoms with van der Waals surface area (Å²) in [7, 11) is 0. The van der Waals surface area contributed by atoms with Gasteiger partial charge in [0.2, 0.25) is 0 Å². The van der Waals surface area contributed by atoms with Gasteiger partial charge < -0.3 is 4.74 Å². The Kier molecular flexibility index (Phi) is 5.80. The predicted molar refractivity (Wildman–Crippen MR) is 44.2 cm³/mol. The van der Waals surface area contributed by atoms with E-state index in [1.54, 1.807) is 12.9 Å². The van der Waals surface area contributed by atoms with Crippen molar-refractivity contribution in [3.8, 4) is 0 Å². The van der Waals surface area contributed by atoms with Crippen LogP contribution < -0.4 is 0 Å². The van der Waals surface area contributed by atoms with Gasteiger partial charge in [-0.05, 0) is 6.92 Å². The third-order valence-electron chi connectivity index (χ3n) is 0.916. The molecule has 0 spiro atoms. The number of hydrogen-bond donors (Lipinski definition) is 0. The minimum atomic E-state index is -0.319. The van der Waals surface area contributed by atoms with Crippen LogP contribution in [0.25, 0.3) is 0 Å². The minimum Gasteiger partial charge on any atom is -0.466 e. The number of ether oxygens (including phenoxy) is 1. The summed E-state index contributed by atoms with van der Waals surface area (Å²) in [5.74, 6) is 1.27. The molecule has 0 radical (unpaired) electrons. The van der Waals surface area contributed by atoms with Crippen LogP contribution >= 0.6 is 15.9 Å². The first kappa shape index (κ1) is 10.4. The van der Waals surface area contributed by atoms with E-state index in [2.05, 4.69) is 20.7 Å². The van der Waals surface area contributed by atoms with Crippen molar-refractivity contribution < 1.29 is 14.3 Å². The van der Waals surface area contributed by atoms with E-state index in [4.69, 9.17) is 0 Å². The summed E-state index contributed by atoms with van der Waals surface area (Å²) in [6.07, 6.45) is 1.40. The number of rotatable bonds is 4. The van der Waals surface area contributed by atoms with Gasteiger partial charge in [-0.1, -0.05) is 15.9 Å². The molecule has 0 aromatic rings. The normalized spacial score (nSPS) is 11.5. The van der Waals surface area contributed by atoms with Gasteiger partial charge >= 0.3 is 5.97 Å². The third kappa shape index (κ3) is 5.83. The van der Waals surface area contributed by atoms with E-state index in [0.29, 0.717) is 6.61 Å². The van der Waals surface area contributed by atoms with Crippen molar-refractivity contribution >= 4 is 27.8 Å². The van der Waals surface area contributed by atoms with Crippen LogP contribution in [0.15, 0.2) is 6.08 Å². The fourth-order valence-electron chi connectivity index (χ4n) is 0.512. The van der Waals surface area contributed by atoms with Gasteiger partial charge in [-0.2, -0.15) is 0 Å². The summed E-state index contributed by atoms with van der Waals surface area (Å²) < 4.78 is 4.64. The molecule has 0 aromatic carbocycles. The van der Waals surface area contributed by atoms with E-state index < -0.39 is 0 Å². The Morgan fingerprint density at radius 1 is 1.82 bits per heavy atom. The van der Waals surface area contributed by atoms with E-state index in [1.807, 2.05) is 0 Å². The number of hydrogen-bond acceptors (Lipinski definition) is 3. The zero-order chi connectivity index (χ0) is 8.69. The standard InChI is InChI=1S/C7H9BrO3/c1-2-11-7(10)5-6(8)3-4-9/h3,6H,2,5H2,1H3. The van der Waals surface area contributed by atoms with Gasteiger partial charge in [0.15, 0.2) is 0 Å². The Balaban J connectivity index is 3.65. The summed E-state index contributed by atoms with van der Waals surface area (Å²) in [5, 5.41) is 0. The molecule has 11 heavy (non-hydrogen) atoms. The highest BCUT2D eigenvalue weighted by molar-refractivity contribution is 9.09. The molecule has 4 heteroatoms. The molecular weight excluding hydrogens is 212 g/mol. The Labute approximate surface area is 73.5 Å². The van der Waals surface area contributed by atoms with Crippen LogP contribution in [0.5, 0.6) is 0 Å². The van der Waals surface area contributed by atoms with Gasteiger partial charge in [0.1, 0.15) is 5.94 Å². The molecule has 0 bridgehead atoms. The van der Waals surface area contributed by atoms with Gasteiger partial charge in [0.25, 0.3) is 0 Å². The molecular formula is C7H9BrO3. The average molecular weight is 221 g/mol. The molecule has 1 unspecified atom stereocenters. The molecule has 0 fully saturated rings. The van der Waals surface area contributed by atoms with E-state index in [9.17, 15) is 9.59 Å². The quantitative estimate of drug-likeness (QED) is 0.405. The minimum absolute atomic E-state index is 0.170. The molecule has 0 aliphatic carbocycles. The average Bonchev–Trinajstić information content (AvgIpc) is 1.87. The van der Waals surface area contributed by atoms with Gasteiger partial charge in [0.05, 0.1) is 17.9 Å². The Morgan fingerprint density at radius 3 is 2.91 bits per heavy atom. The number of esters is 1. The molecule has 0 amide bonds. The zero-order valence-electron chi connectivity index (χ0n) is 6.17. The lowest BCUT2D eigenvalue weighted by atomic mass is 10.3. The van der Waals surface area contributed by atoms with Crippen molar-refractivity contribution in [2.75, 3.05) is 6.61 Å². The van der Waals surface area contributed by atoms with Crippen LogP contribution in [-0.2, 0) is 14.3 Å². The fraction of sp³-hybridized carbons (Fsp3) is 0.571. The van der Waals surface area contributed by atoms with E-state index in [0.717, 1.165) is 0 Å². The Bertz CT molecular complexity index is 173. The first-order chi connectivity index (χ1) is 5.20. The van der Waals surface area contributed by atoms with Crippen molar-refractivity contribution in [1.29, 1.82) is 0 Å². The molecule has 0 rings (SSSR count). The summed E-state index contributed by atoms with van der Waals surface area (Å²) >= 11 is 3.09. The van der Waals surface area contributed by atoms with Crippen LogP contribution in [0.3, 0.4) is 0 Å². The summed E-state index contributed by atoms with van der Waals surface area (Å²) in [6, 6.07) is 0. The number of carbonyl (C=O) groups is 1. The molecule has 0 N–H and O–H groups in total. The molecule has 0 aliphatic heterocycles. The van der Waals surface area contributed by atoms with E-state index in [-0.39, 0.29) is 17.2 Å². The summed E-state index contributed by atoms with van der Waals surface area (Å²) in [5.41, 5.74) is 0. The number of carbonyl (C=O) groups excluding carboxylic acids is 2. The Hall–Kier alpha value is -0.600. The first-order valence-corrected chi connectivity index (χ1v) is 4.13. The van der Waals surface area contributed by atoms with Crippen LogP contribution in [-0.4, -0.2) is 23.3 Å². The van der Waals surface area contributed by atoms with Crippen LogP contribution in [0, 0.1) is 0 Å². The van der Waals surface area contributed by atoms with E-state index >= 15 is 0 Å². The maximum Gasteiger partial charge on any atom is 0.307 e. The lowest BCUT2D eigenvalue weighted by molar-refractivity contribution is -0.142. The summed E-state index contributed by atoms with van der Waals surface area (Å²) in [4.78, 5) is 20.3. The number of halogens is 1. The number of alkyl halides is 1. The lowest BCUT2D eigenvalue weighted by Crippen LogP contribution is -2.09. The smallest absolute Gasteiger partial charge is 0.307 e. The molecule has 0 saturated carbocycles. The number of allylic oxidation sites excluding steroid dienone is 1. The topological polar surface area (TPSA) is 43.4 Å². The Morgan fingerprint density at radius 2 is 2.45 bits per heavy atom. The summed E-state index contributed by atoms with van der Waals surface area (Å²) in [6.45, 7) is 2.10. The SMILES string of the molecule is CCOC(=O)CC(Br)C=C=O. The predicted octanol–water partition coefficient (Wildman–Crippen LogP) is 1.09. The second kappa shape index (κ2) is 6.13. The molecule has 3 nitrogen and oxygen atoms in total. The van der Waals surface area contributed by atoms with Crippen molar-refractivity contribution in [2.45, 2.75) is 18.2 Å². The molecule has 62 valence electrons. The molecule has 0 saturated heterocycles. The fourth-order valence-corrected chi connectivity index (χ4v) is 0.884. The highest BCUT2D eigenvalue weighted by Crippen LogP contribution is 2.05. The lowest BCUT2D eigenvalue weighted by Gasteiger charge is -2.01. The molecule has 0 aromatic heterocycles. The first-order valence-electron chi connectivity index (χ1n) is 3.21. The largest absolute Gasteiger partial charge is 0.466 e. The molecule has 1 atom stereocenters. The van der Waals surface area contributed by atoms with Crippen LogP contribution in [0.2, 0.25) is 0 Å². The van der Waals surface area contributed by atoms with Gasteiger partial charge in [-0.15, -0.1) is 0 Å². The van der Waals surface area contributed by atoms with Gasteiger partial charge in [-0.25, -0.2) is 4.79 Å². The van der Waals surface area contributed by atoms with Crippen LogP contribution in [0.4, 0.5) is 0 Å². The molecule has 0 heterocycles. The van der Waals surface area contributed by atoms with Crippen molar-refractivity contribution in [1.82, 2.24) is 0 Å². The maximum absolute atomic E-state index is 10.7. The van der Waals surface area contributed by atoms with Gasteiger partial charge in [-0.3, -0.25) is 4.79 Å². The van der Waals surface area contributed by atoms with Crippen LogP contribution in [0.1, 0.15) is 13.3 Å². The van der Waals surface area contributed by atoms with E-state index in [1.165, 1.54) is 6.08 Å². The second-order valence-corrected chi connectivity index (χ2v) is 2.99. The van der Waals surface area contributed by atoms with Crippen molar-refractivity contribution in [3.63, 3.8) is 0 Å². The van der Waals surface area contributed by atoms with Crippen molar-refractivity contribution in [2.24, 2.45) is 0 Å². The molecule has 0 aliphatic rings.